The van der Waals surface area contributed by atoms with Gasteiger partial charge in [0.1, 0.15) is 13.3 Å². The zero-order valence-corrected chi connectivity index (χ0v) is 32.6. The Labute approximate surface area is 308 Å². The molecule has 0 bridgehead atoms. The zero-order chi connectivity index (χ0) is 38.9. The second-order valence-electron chi connectivity index (χ2n) is 14.1. The van der Waals surface area contributed by atoms with Crippen molar-refractivity contribution < 1.29 is 40.6 Å². The Morgan fingerprint density at radius 3 is 2.32 bits per heavy atom. The Balaban J connectivity index is 1.90. The van der Waals surface area contributed by atoms with Gasteiger partial charge in [-0.05, 0) is 80.8 Å². The lowest BCUT2D eigenvalue weighted by atomic mass is 9.83. The molecule has 0 N–H and O–H groups in total. The van der Waals surface area contributed by atoms with Crippen LogP contribution in [0.1, 0.15) is 47.5 Å². The number of aromatic nitrogens is 3. The molecule has 0 spiro atoms. The fourth-order valence-corrected chi connectivity index (χ4v) is 8.56. The maximum absolute atomic E-state index is 16.5. The molecule has 282 valence electrons. The summed E-state index contributed by atoms with van der Waals surface area (Å²) in [5.74, 6) is -1.69. The van der Waals surface area contributed by atoms with Gasteiger partial charge in [-0.15, -0.1) is 0 Å². The van der Waals surface area contributed by atoms with Gasteiger partial charge in [0.25, 0.3) is 10.0 Å². The number of hydrogen-bond acceptors (Lipinski definition) is 8. The summed E-state index contributed by atoms with van der Waals surface area (Å²) >= 11 is 0. The van der Waals surface area contributed by atoms with Crippen LogP contribution in [0.4, 0.5) is 13.2 Å². The van der Waals surface area contributed by atoms with Crippen molar-refractivity contribution in [1.29, 1.82) is 5.26 Å². The van der Waals surface area contributed by atoms with Crippen molar-refractivity contribution in [2.45, 2.75) is 83.2 Å². The number of carbonyl (C=O) groups excluding carboxylic acids is 1. The largest absolute Gasteiger partial charge is 0.464 e. The van der Waals surface area contributed by atoms with Gasteiger partial charge >= 0.3 is 12.1 Å². The van der Waals surface area contributed by atoms with E-state index in [9.17, 15) is 18.5 Å². The summed E-state index contributed by atoms with van der Waals surface area (Å²) in [6, 6.07) is 16.1. The first-order valence-corrected chi connectivity index (χ1v) is 22.4. The first-order chi connectivity index (χ1) is 24.9. The average molecular weight is 769 g/mol. The summed E-state index contributed by atoms with van der Waals surface area (Å²) in [6.07, 6.45) is -4.00. The average Bonchev–Trinajstić information content (AvgIpc) is 3.70. The number of aryl methyl sites for hydroxylation is 3. The van der Waals surface area contributed by atoms with Crippen LogP contribution >= 0.6 is 0 Å². The molecule has 10 nitrogen and oxygen atoms in total. The molecule has 5 aromatic rings. The normalized spacial score (nSPS) is 13.7. The number of benzene rings is 3. The standard InChI is InChI=1S/C38H43F3N4O6SSi/c1-8-28-20-26(4)35-30(16-17-45(35)52(47,48)29-13-10-25(3)11-14-29)34(28)37(38(39,40)41,51-23-33(46)50-9-2)36-43-31-15-12-27(22-42)21-32(31)44(36)24-49-18-19-53(5,6)7/h10-17,20-21H,8-9,18-19,23-24H2,1-7H3. The highest BCUT2D eigenvalue weighted by molar-refractivity contribution is 7.90. The van der Waals surface area contributed by atoms with Gasteiger partial charge in [-0.2, -0.15) is 18.4 Å². The van der Waals surface area contributed by atoms with E-state index in [0.29, 0.717) is 5.56 Å². The highest BCUT2D eigenvalue weighted by atomic mass is 32.2. The fraction of sp³-hybridized carbons (Fsp3) is 0.395. The third kappa shape index (κ3) is 7.64. The predicted molar refractivity (Wildman–Crippen MR) is 198 cm³/mol. The third-order valence-corrected chi connectivity index (χ3v) is 12.4. The van der Waals surface area contributed by atoms with E-state index >= 15 is 13.2 Å². The topological polar surface area (TPSA) is 125 Å². The molecule has 2 aromatic heterocycles. The van der Waals surface area contributed by atoms with Gasteiger partial charge < -0.3 is 18.8 Å². The highest BCUT2D eigenvalue weighted by Crippen LogP contribution is 2.52. The van der Waals surface area contributed by atoms with Crippen LogP contribution in [-0.2, 0) is 47.8 Å². The van der Waals surface area contributed by atoms with E-state index in [1.165, 1.54) is 60.2 Å². The van der Waals surface area contributed by atoms with Crippen LogP contribution in [0.15, 0.2) is 65.7 Å². The third-order valence-electron chi connectivity index (χ3n) is 9.04. The molecule has 0 radical (unpaired) electrons. The van der Waals surface area contributed by atoms with Crippen molar-refractivity contribution in [2.75, 3.05) is 19.8 Å². The Kier molecular flexibility index (Phi) is 11.3. The van der Waals surface area contributed by atoms with Crippen molar-refractivity contribution in [3.05, 3.63) is 94.4 Å². The number of nitriles is 1. The number of fused-ring (bicyclic) bond motifs is 2. The van der Waals surface area contributed by atoms with E-state index in [0.717, 1.165) is 15.6 Å². The van der Waals surface area contributed by atoms with Crippen LogP contribution in [0.25, 0.3) is 21.9 Å². The van der Waals surface area contributed by atoms with Crippen molar-refractivity contribution >= 4 is 46.0 Å². The summed E-state index contributed by atoms with van der Waals surface area (Å²) in [5.41, 5.74) is -1.96. The van der Waals surface area contributed by atoms with Crippen LogP contribution in [0, 0.1) is 25.2 Å². The molecule has 53 heavy (non-hydrogen) atoms. The number of hydrogen-bond donors (Lipinski definition) is 0. The molecule has 0 aliphatic heterocycles. The summed E-state index contributed by atoms with van der Waals surface area (Å²) in [7, 11) is -5.89. The van der Waals surface area contributed by atoms with E-state index in [1.807, 2.05) is 13.0 Å². The maximum Gasteiger partial charge on any atom is 0.429 e. The van der Waals surface area contributed by atoms with E-state index in [4.69, 9.17) is 14.2 Å². The summed E-state index contributed by atoms with van der Waals surface area (Å²) in [4.78, 5) is 17.3. The van der Waals surface area contributed by atoms with E-state index in [-0.39, 0.29) is 64.3 Å². The minimum Gasteiger partial charge on any atom is -0.464 e. The molecule has 0 aliphatic rings. The van der Waals surface area contributed by atoms with Crippen molar-refractivity contribution in [2.24, 2.45) is 0 Å². The number of halogens is 3. The summed E-state index contributed by atoms with van der Waals surface area (Å²) in [5, 5.41) is 9.66. The van der Waals surface area contributed by atoms with Gasteiger partial charge in [0.15, 0.2) is 5.82 Å². The Hall–Kier alpha value is -4.49. The van der Waals surface area contributed by atoms with Gasteiger partial charge in [0.2, 0.25) is 5.60 Å². The highest BCUT2D eigenvalue weighted by Gasteiger charge is 2.63. The lowest BCUT2D eigenvalue weighted by molar-refractivity contribution is -0.270. The number of alkyl halides is 3. The Bertz CT molecular complexity index is 2310. The van der Waals surface area contributed by atoms with Crippen molar-refractivity contribution in [3.8, 4) is 6.07 Å². The smallest absolute Gasteiger partial charge is 0.429 e. The Morgan fingerprint density at radius 1 is 1.02 bits per heavy atom. The quantitative estimate of drug-likeness (QED) is 0.0633. The van der Waals surface area contributed by atoms with Crippen LogP contribution in [0.2, 0.25) is 25.7 Å². The second kappa shape index (κ2) is 15.1. The first kappa shape index (κ1) is 39.7. The molecule has 15 heteroatoms. The molecule has 2 heterocycles. The number of nitrogens with zero attached hydrogens (tertiary/aromatic N) is 4. The number of rotatable bonds is 14. The molecular formula is C38H43F3N4O6SSi. The zero-order valence-electron chi connectivity index (χ0n) is 30.8. The van der Waals surface area contributed by atoms with Gasteiger partial charge in [-0.3, -0.25) is 0 Å². The molecule has 0 fully saturated rings. The first-order valence-electron chi connectivity index (χ1n) is 17.2. The van der Waals surface area contributed by atoms with Gasteiger partial charge in [0.05, 0.1) is 39.7 Å². The monoisotopic (exact) mass is 768 g/mol. The number of carbonyl (C=O) groups is 1. The molecule has 0 aliphatic carbocycles. The van der Waals surface area contributed by atoms with Gasteiger partial charge in [0, 0.05) is 31.8 Å². The fourth-order valence-electron chi connectivity index (χ4n) is 6.39. The summed E-state index contributed by atoms with van der Waals surface area (Å²) < 4.78 is 96.9. The minimum absolute atomic E-state index is 0.00643. The number of ether oxygens (including phenoxy) is 3. The SMILES string of the molecule is CCOC(=O)COC(c1c(CC)cc(C)c2c1ccn2S(=O)(=O)c1ccc(C)cc1)(c1nc2ccc(C#N)cc2n1COCC[Si](C)(C)C)C(F)(F)F. The van der Waals surface area contributed by atoms with Crippen LogP contribution in [0.5, 0.6) is 0 Å². The number of esters is 1. The molecule has 0 amide bonds. The van der Waals surface area contributed by atoms with Crippen LogP contribution in [0.3, 0.4) is 0 Å². The molecule has 1 atom stereocenters. The molecule has 0 saturated carbocycles. The second-order valence-corrected chi connectivity index (χ2v) is 21.5. The molecule has 1 unspecified atom stereocenters. The van der Waals surface area contributed by atoms with E-state index in [2.05, 4.69) is 24.6 Å². The lowest BCUT2D eigenvalue weighted by Crippen LogP contribution is -2.50. The summed E-state index contributed by atoms with van der Waals surface area (Å²) in [6.45, 7) is 11.7. The molecular weight excluding hydrogens is 726 g/mol. The van der Waals surface area contributed by atoms with Gasteiger partial charge in [-0.1, -0.05) is 50.3 Å². The van der Waals surface area contributed by atoms with Crippen molar-refractivity contribution in [1.82, 2.24) is 13.5 Å². The van der Waals surface area contributed by atoms with E-state index in [1.54, 1.807) is 26.0 Å². The lowest BCUT2D eigenvalue weighted by Gasteiger charge is -2.37. The maximum atomic E-state index is 16.5. The minimum atomic E-state index is -5.31. The van der Waals surface area contributed by atoms with Gasteiger partial charge in [-0.25, -0.2) is 22.2 Å². The number of imidazole rings is 1. The van der Waals surface area contributed by atoms with Crippen LogP contribution in [-0.4, -0.2) is 62.0 Å². The Morgan fingerprint density at radius 2 is 1.72 bits per heavy atom. The molecule has 5 rings (SSSR count). The van der Waals surface area contributed by atoms with Crippen molar-refractivity contribution in [3.63, 3.8) is 0 Å². The molecule has 3 aromatic carbocycles. The van der Waals surface area contributed by atoms with E-state index < -0.39 is 53.8 Å². The van der Waals surface area contributed by atoms with Crippen LogP contribution < -0.4 is 0 Å². The predicted octanol–water partition coefficient (Wildman–Crippen LogP) is 7.98. The molecule has 0 saturated heterocycles.